The fraction of sp³-hybridized carbons (Fsp3) is 0.0370. The van der Waals surface area contributed by atoms with Crippen LogP contribution in [0, 0.1) is 0 Å². The summed E-state index contributed by atoms with van der Waals surface area (Å²) in [5, 5.41) is 7.75. The summed E-state index contributed by atoms with van der Waals surface area (Å²) in [6.45, 7) is 0. The van der Waals surface area contributed by atoms with Crippen molar-refractivity contribution in [2.24, 2.45) is 0 Å². The molecule has 0 spiro atoms. The molecule has 37 heavy (non-hydrogen) atoms. The van der Waals surface area contributed by atoms with E-state index in [0.29, 0.717) is 22.1 Å². The van der Waals surface area contributed by atoms with Gasteiger partial charge < -0.3 is 10.1 Å². The maximum atomic E-state index is 13.1. The molecule has 5 rings (SSSR count). The van der Waals surface area contributed by atoms with Gasteiger partial charge in [-0.1, -0.05) is 60.1 Å². The second-order valence-corrected chi connectivity index (χ2v) is 9.11. The number of benzene rings is 3. The highest BCUT2D eigenvalue weighted by Gasteiger charge is 2.40. The molecule has 0 saturated carbocycles. The third kappa shape index (κ3) is 4.82. The maximum absolute atomic E-state index is 13.1. The minimum Gasteiger partial charge on any atom is -0.495 e. The van der Waals surface area contributed by atoms with Crippen LogP contribution in [0.3, 0.4) is 0 Å². The van der Waals surface area contributed by atoms with Gasteiger partial charge in [0.05, 0.1) is 18.5 Å². The minimum atomic E-state index is -0.675. The van der Waals surface area contributed by atoms with E-state index in [0.717, 1.165) is 16.2 Å². The maximum Gasteiger partial charge on any atom is 0.283 e. The lowest BCUT2D eigenvalue weighted by molar-refractivity contribution is -0.120. The summed E-state index contributed by atoms with van der Waals surface area (Å²) in [5.74, 6) is -1.33. The Morgan fingerprint density at radius 2 is 1.73 bits per heavy atom. The monoisotopic (exact) mass is 530 g/mol. The lowest BCUT2D eigenvalue weighted by Gasteiger charge is -2.18. The molecule has 3 amide bonds. The van der Waals surface area contributed by atoms with Gasteiger partial charge in [0.15, 0.2) is 5.13 Å². The first-order chi connectivity index (χ1) is 18.0. The highest BCUT2D eigenvalue weighted by Crippen LogP contribution is 2.35. The molecule has 0 fully saturated rings. The highest BCUT2D eigenvalue weighted by atomic mass is 35.5. The molecule has 2 N–H and O–H groups in total. The number of nitrogens with one attached hydrogen (secondary N) is 2. The molecule has 184 valence electrons. The summed E-state index contributed by atoms with van der Waals surface area (Å²) in [4.78, 5) is 44.3. The van der Waals surface area contributed by atoms with E-state index >= 15 is 0 Å². The first kappa shape index (κ1) is 24.2. The smallest absolute Gasteiger partial charge is 0.283 e. The summed E-state index contributed by atoms with van der Waals surface area (Å²) in [5.41, 5.74) is 2.64. The van der Waals surface area contributed by atoms with Crippen LogP contribution in [0.5, 0.6) is 5.75 Å². The van der Waals surface area contributed by atoms with E-state index in [-0.39, 0.29) is 22.3 Å². The Morgan fingerprint density at radius 3 is 2.51 bits per heavy atom. The number of thiazole rings is 1. The molecular weight excluding hydrogens is 512 g/mol. The van der Waals surface area contributed by atoms with Crippen molar-refractivity contribution in [3.8, 4) is 17.0 Å². The normalized spacial score (nSPS) is 13.2. The molecule has 3 aromatic carbocycles. The van der Waals surface area contributed by atoms with Gasteiger partial charge in [0.25, 0.3) is 17.7 Å². The average Bonchev–Trinajstić information content (AvgIpc) is 3.48. The SMILES string of the molecule is COc1ccccc1N1C(=O)C(Cl)=C(Nc2cccc(C(=O)Nc3nc(-c4ccccc4)cs3)c2)C1=O. The molecule has 1 aliphatic rings. The van der Waals surface area contributed by atoms with Gasteiger partial charge in [0.2, 0.25) is 0 Å². The molecule has 0 unspecified atom stereocenters. The molecule has 1 aromatic heterocycles. The first-order valence-electron chi connectivity index (χ1n) is 11.1. The van der Waals surface area contributed by atoms with Crippen LogP contribution in [0.15, 0.2) is 95.0 Å². The van der Waals surface area contributed by atoms with Gasteiger partial charge in [-0.25, -0.2) is 9.88 Å². The van der Waals surface area contributed by atoms with Gasteiger partial charge in [0.1, 0.15) is 16.5 Å². The molecule has 1 aliphatic heterocycles. The molecule has 0 radical (unpaired) electrons. The standard InChI is InChI=1S/C27H19ClN4O4S/c1-36-21-13-6-5-12-20(21)32-25(34)22(28)23(26(32)35)29-18-11-7-10-17(14-18)24(33)31-27-30-19(15-37-27)16-8-3-2-4-9-16/h2-15,29H,1H3,(H,30,31,33). The van der Waals surface area contributed by atoms with Crippen LogP contribution in [-0.2, 0) is 9.59 Å². The lowest BCUT2D eigenvalue weighted by Crippen LogP contribution is -2.32. The number of hydrogen-bond acceptors (Lipinski definition) is 7. The molecule has 8 nitrogen and oxygen atoms in total. The number of imide groups is 1. The predicted octanol–water partition coefficient (Wildman–Crippen LogP) is 5.51. The van der Waals surface area contributed by atoms with Crippen molar-refractivity contribution in [1.29, 1.82) is 0 Å². The van der Waals surface area contributed by atoms with Crippen molar-refractivity contribution in [2.75, 3.05) is 22.6 Å². The van der Waals surface area contributed by atoms with Gasteiger partial charge in [-0.05, 0) is 30.3 Å². The topological polar surface area (TPSA) is 101 Å². The zero-order valence-electron chi connectivity index (χ0n) is 19.4. The number of hydrogen-bond donors (Lipinski definition) is 2. The fourth-order valence-electron chi connectivity index (χ4n) is 3.77. The largest absolute Gasteiger partial charge is 0.495 e. The van der Waals surface area contributed by atoms with Crippen LogP contribution in [0.4, 0.5) is 16.5 Å². The van der Waals surface area contributed by atoms with Crippen LogP contribution < -0.4 is 20.3 Å². The summed E-state index contributed by atoms with van der Waals surface area (Å²) in [6, 6.07) is 22.8. The third-order valence-corrected chi connectivity index (χ3v) is 6.65. The van der Waals surface area contributed by atoms with E-state index in [1.807, 2.05) is 35.7 Å². The Kier molecular flexibility index (Phi) is 6.72. The van der Waals surface area contributed by atoms with Gasteiger partial charge in [-0.2, -0.15) is 0 Å². The first-order valence-corrected chi connectivity index (χ1v) is 12.3. The fourth-order valence-corrected chi connectivity index (χ4v) is 4.70. The number of nitrogens with zero attached hydrogens (tertiary/aromatic N) is 2. The number of carbonyl (C=O) groups excluding carboxylic acids is 3. The Morgan fingerprint density at radius 1 is 0.973 bits per heavy atom. The van der Waals surface area contributed by atoms with E-state index < -0.39 is 11.8 Å². The number of rotatable bonds is 7. The van der Waals surface area contributed by atoms with Crippen molar-refractivity contribution in [1.82, 2.24) is 4.98 Å². The molecule has 4 aromatic rings. The third-order valence-electron chi connectivity index (χ3n) is 5.54. The predicted molar refractivity (Wildman–Crippen MR) is 144 cm³/mol. The van der Waals surface area contributed by atoms with Crippen molar-refractivity contribution in [2.45, 2.75) is 0 Å². The number of para-hydroxylation sites is 2. The van der Waals surface area contributed by atoms with Crippen LogP contribution in [0.1, 0.15) is 10.4 Å². The van der Waals surface area contributed by atoms with Crippen LogP contribution in [0.2, 0.25) is 0 Å². The van der Waals surface area contributed by atoms with Gasteiger partial charge in [-0.15, -0.1) is 11.3 Å². The number of ether oxygens (including phenoxy) is 1. The van der Waals surface area contributed by atoms with E-state index in [1.54, 1.807) is 48.5 Å². The number of amides is 3. The highest BCUT2D eigenvalue weighted by molar-refractivity contribution is 7.14. The molecule has 2 heterocycles. The summed E-state index contributed by atoms with van der Waals surface area (Å²) in [6.07, 6.45) is 0. The van der Waals surface area contributed by atoms with E-state index in [2.05, 4.69) is 15.6 Å². The van der Waals surface area contributed by atoms with Gasteiger partial charge >= 0.3 is 0 Å². The Hall–Kier alpha value is -4.47. The molecule has 0 saturated heterocycles. The molecule has 0 bridgehead atoms. The Labute approximate surface area is 221 Å². The Bertz CT molecular complexity index is 1550. The van der Waals surface area contributed by atoms with E-state index in [9.17, 15) is 14.4 Å². The zero-order valence-corrected chi connectivity index (χ0v) is 21.0. The second kappa shape index (κ2) is 10.3. The zero-order chi connectivity index (χ0) is 25.9. The molecule has 0 atom stereocenters. The molecule has 10 heteroatoms. The molecule has 0 aliphatic carbocycles. The van der Waals surface area contributed by atoms with Crippen LogP contribution >= 0.6 is 22.9 Å². The van der Waals surface area contributed by atoms with Crippen LogP contribution in [-0.4, -0.2) is 29.8 Å². The van der Waals surface area contributed by atoms with Gasteiger partial charge in [-0.3, -0.25) is 19.7 Å². The number of carbonyl (C=O) groups is 3. The summed E-state index contributed by atoms with van der Waals surface area (Å²) < 4.78 is 5.28. The molecular formula is C27H19ClN4O4S. The van der Waals surface area contributed by atoms with Gasteiger partial charge in [0, 0.05) is 22.2 Å². The average molecular weight is 531 g/mol. The van der Waals surface area contributed by atoms with Crippen LogP contribution in [0.25, 0.3) is 11.3 Å². The van der Waals surface area contributed by atoms with Crippen molar-refractivity contribution in [3.63, 3.8) is 0 Å². The number of halogens is 1. The number of anilines is 3. The quantitative estimate of drug-likeness (QED) is 0.306. The summed E-state index contributed by atoms with van der Waals surface area (Å²) >= 11 is 7.57. The van der Waals surface area contributed by atoms with Crippen molar-refractivity contribution in [3.05, 3.63) is 101 Å². The summed E-state index contributed by atoms with van der Waals surface area (Å²) in [7, 11) is 1.45. The lowest BCUT2D eigenvalue weighted by atomic mass is 10.2. The second-order valence-electron chi connectivity index (χ2n) is 7.87. The minimum absolute atomic E-state index is 0.0949. The van der Waals surface area contributed by atoms with Crippen molar-refractivity contribution < 1.29 is 19.1 Å². The Balaban J connectivity index is 1.32. The number of aromatic nitrogens is 1. The van der Waals surface area contributed by atoms with Crippen molar-refractivity contribution >= 4 is 57.2 Å². The number of methoxy groups -OCH3 is 1. The van der Waals surface area contributed by atoms with E-state index in [1.165, 1.54) is 18.4 Å². The van der Waals surface area contributed by atoms with E-state index in [4.69, 9.17) is 16.3 Å².